The van der Waals surface area contributed by atoms with Crippen LogP contribution in [-0.4, -0.2) is 42.9 Å². The molecule has 6 heteroatoms. The minimum absolute atomic E-state index is 0.279. The molecule has 2 aromatic rings. The molecule has 0 bridgehead atoms. The van der Waals surface area contributed by atoms with Crippen LogP contribution < -0.4 is 10.1 Å². The molecule has 1 aliphatic heterocycles. The second-order valence-electron chi connectivity index (χ2n) is 5.36. The van der Waals surface area contributed by atoms with E-state index in [0.29, 0.717) is 5.82 Å². The fourth-order valence-electron chi connectivity index (χ4n) is 2.38. The molecule has 1 N–H and O–H groups in total. The van der Waals surface area contributed by atoms with Gasteiger partial charge in [-0.3, -0.25) is 4.90 Å². The molecule has 122 valence electrons. The van der Waals surface area contributed by atoms with Crippen molar-refractivity contribution in [1.82, 2.24) is 9.88 Å². The predicted molar refractivity (Wildman–Crippen MR) is 85.9 cm³/mol. The smallest absolute Gasteiger partial charge is 0.160 e. The highest BCUT2D eigenvalue weighted by molar-refractivity contribution is 5.33. The van der Waals surface area contributed by atoms with E-state index < -0.39 is 0 Å². The predicted octanol–water partition coefficient (Wildman–Crippen LogP) is 2.50. The lowest BCUT2D eigenvalue weighted by Gasteiger charge is -2.26. The number of nitrogens with one attached hydrogen (secondary N) is 1. The summed E-state index contributed by atoms with van der Waals surface area (Å²) in [5, 5.41) is 2.98. The number of rotatable bonds is 6. The van der Waals surface area contributed by atoms with Crippen LogP contribution >= 0.6 is 0 Å². The first-order valence-corrected chi connectivity index (χ1v) is 7.67. The Balaban J connectivity index is 1.44. The van der Waals surface area contributed by atoms with Gasteiger partial charge in [-0.25, -0.2) is 9.37 Å². The van der Waals surface area contributed by atoms with Gasteiger partial charge in [-0.1, -0.05) is 12.1 Å². The third-order valence-corrected chi connectivity index (χ3v) is 3.65. The average Bonchev–Trinajstić information content (AvgIpc) is 2.59. The van der Waals surface area contributed by atoms with Crippen molar-refractivity contribution in [3.05, 3.63) is 54.0 Å². The monoisotopic (exact) mass is 317 g/mol. The van der Waals surface area contributed by atoms with E-state index in [-0.39, 0.29) is 12.5 Å². The van der Waals surface area contributed by atoms with Crippen LogP contribution in [0.1, 0.15) is 5.56 Å². The van der Waals surface area contributed by atoms with E-state index in [0.717, 1.165) is 38.6 Å². The zero-order valence-corrected chi connectivity index (χ0v) is 12.9. The maximum Gasteiger partial charge on any atom is 0.160 e. The van der Waals surface area contributed by atoms with Gasteiger partial charge in [0.15, 0.2) is 6.73 Å². The van der Waals surface area contributed by atoms with Crippen molar-refractivity contribution in [2.45, 2.75) is 6.54 Å². The summed E-state index contributed by atoms with van der Waals surface area (Å²) in [6.45, 7) is 4.79. The number of hydrogen-bond donors (Lipinski definition) is 1. The summed E-state index contributed by atoms with van der Waals surface area (Å²) in [5.41, 5.74) is 1.26. The van der Waals surface area contributed by atoms with Crippen molar-refractivity contribution >= 4 is 5.82 Å². The van der Waals surface area contributed by atoms with Crippen LogP contribution in [0.3, 0.4) is 0 Å². The number of pyridine rings is 1. The Morgan fingerprint density at radius 2 is 1.91 bits per heavy atom. The maximum atomic E-state index is 12.7. The van der Waals surface area contributed by atoms with Crippen LogP contribution in [0.15, 0.2) is 42.6 Å². The number of hydrogen-bond acceptors (Lipinski definition) is 5. The lowest BCUT2D eigenvalue weighted by molar-refractivity contribution is 0.0342. The summed E-state index contributed by atoms with van der Waals surface area (Å²) in [7, 11) is 0. The molecule has 2 heterocycles. The van der Waals surface area contributed by atoms with Crippen LogP contribution in [-0.2, 0) is 11.3 Å². The summed E-state index contributed by atoms with van der Waals surface area (Å²) in [4.78, 5) is 6.28. The van der Waals surface area contributed by atoms with Gasteiger partial charge in [0, 0.05) is 19.6 Å². The van der Waals surface area contributed by atoms with Crippen LogP contribution in [0, 0.1) is 5.82 Å². The maximum absolute atomic E-state index is 12.7. The van der Waals surface area contributed by atoms with Gasteiger partial charge in [-0.2, -0.15) is 0 Å². The molecule has 0 unspecified atom stereocenters. The van der Waals surface area contributed by atoms with Crippen molar-refractivity contribution in [3.8, 4) is 5.75 Å². The molecule has 1 saturated heterocycles. The van der Waals surface area contributed by atoms with Crippen LogP contribution in [0.2, 0.25) is 0 Å². The number of aromatic nitrogens is 1. The average molecular weight is 317 g/mol. The van der Waals surface area contributed by atoms with Crippen molar-refractivity contribution in [3.63, 3.8) is 0 Å². The molecule has 1 aliphatic rings. The summed E-state index contributed by atoms with van der Waals surface area (Å²) < 4.78 is 23.7. The number of anilines is 1. The third-order valence-electron chi connectivity index (χ3n) is 3.65. The Kier molecular flexibility index (Phi) is 5.39. The molecule has 5 nitrogen and oxygen atoms in total. The van der Waals surface area contributed by atoms with Gasteiger partial charge < -0.3 is 14.8 Å². The summed E-state index contributed by atoms with van der Waals surface area (Å²) >= 11 is 0. The molecule has 3 rings (SSSR count). The first-order chi connectivity index (χ1) is 11.3. The van der Waals surface area contributed by atoms with Gasteiger partial charge in [0.1, 0.15) is 17.4 Å². The molecular formula is C17H20FN3O2. The van der Waals surface area contributed by atoms with E-state index in [1.54, 1.807) is 6.07 Å². The van der Waals surface area contributed by atoms with Gasteiger partial charge in [-0.05, 0) is 29.8 Å². The van der Waals surface area contributed by atoms with Crippen LogP contribution in [0.5, 0.6) is 5.75 Å². The number of nitrogens with zero attached hydrogens (tertiary/aromatic N) is 2. The topological polar surface area (TPSA) is 46.6 Å². The first kappa shape index (κ1) is 15.7. The van der Waals surface area contributed by atoms with Crippen LogP contribution in [0.25, 0.3) is 0 Å². The fraction of sp³-hybridized carbons (Fsp3) is 0.353. The Hall–Kier alpha value is -2.18. The van der Waals surface area contributed by atoms with Gasteiger partial charge >= 0.3 is 0 Å². The minimum Gasteiger partial charge on any atom is -0.473 e. The van der Waals surface area contributed by atoms with Gasteiger partial charge in [0.05, 0.1) is 19.4 Å². The van der Waals surface area contributed by atoms with E-state index >= 15 is 0 Å². The summed E-state index contributed by atoms with van der Waals surface area (Å²) in [6.07, 6.45) is 1.17. The highest BCUT2D eigenvalue weighted by Gasteiger charge is 2.10. The Labute approximate surface area is 135 Å². The van der Waals surface area contributed by atoms with Crippen molar-refractivity contribution < 1.29 is 13.9 Å². The molecule has 0 amide bonds. The highest BCUT2D eigenvalue weighted by Crippen LogP contribution is 2.14. The third kappa shape index (κ3) is 4.91. The van der Waals surface area contributed by atoms with Crippen molar-refractivity contribution in [2.24, 2.45) is 0 Å². The molecule has 1 fully saturated rings. The Bertz CT molecular complexity index is 598. The van der Waals surface area contributed by atoms with Gasteiger partial charge in [-0.15, -0.1) is 0 Å². The molecule has 0 radical (unpaired) electrons. The number of benzene rings is 1. The number of halogens is 1. The SMILES string of the molecule is Fc1ccc(NCOc2ccc(CN3CCOCC3)cc2)nc1. The molecular weight excluding hydrogens is 297 g/mol. The quantitative estimate of drug-likeness (QED) is 0.830. The van der Waals surface area contributed by atoms with Gasteiger partial charge in [0.2, 0.25) is 0 Å². The van der Waals surface area contributed by atoms with E-state index in [9.17, 15) is 4.39 Å². The number of ether oxygens (including phenoxy) is 2. The number of morpholine rings is 1. The van der Waals surface area contributed by atoms with E-state index in [2.05, 4.69) is 27.3 Å². The molecule has 0 atom stereocenters. The molecule has 1 aromatic heterocycles. The lowest BCUT2D eigenvalue weighted by atomic mass is 10.2. The second-order valence-corrected chi connectivity index (χ2v) is 5.36. The Morgan fingerprint density at radius 3 is 2.61 bits per heavy atom. The standard InChI is InChI=1S/C17H20FN3O2/c18-15-3-6-17(19-11-15)20-13-23-16-4-1-14(2-5-16)12-21-7-9-22-10-8-21/h1-6,11H,7-10,12-13H2,(H,19,20). The highest BCUT2D eigenvalue weighted by atomic mass is 19.1. The summed E-state index contributed by atoms with van der Waals surface area (Å²) in [5.74, 6) is 1.01. The normalized spacial score (nSPS) is 15.3. The molecule has 0 aliphatic carbocycles. The minimum atomic E-state index is -0.354. The summed E-state index contributed by atoms with van der Waals surface area (Å²) in [6, 6.07) is 11.0. The van der Waals surface area contributed by atoms with E-state index in [1.807, 2.05) is 12.1 Å². The molecule has 0 spiro atoms. The Morgan fingerprint density at radius 1 is 1.13 bits per heavy atom. The largest absolute Gasteiger partial charge is 0.473 e. The van der Waals surface area contributed by atoms with Crippen LogP contribution in [0.4, 0.5) is 10.2 Å². The second kappa shape index (κ2) is 7.89. The zero-order chi connectivity index (χ0) is 15.9. The zero-order valence-electron chi connectivity index (χ0n) is 12.9. The first-order valence-electron chi connectivity index (χ1n) is 7.67. The van der Waals surface area contributed by atoms with E-state index in [4.69, 9.17) is 9.47 Å². The van der Waals surface area contributed by atoms with E-state index in [1.165, 1.54) is 17.8 Å². The van der Waals surface area contributed by atoms with Crippen molar-refractivity contribution in [2.75, 3.05) is 38.4 Å². The van der Waals surface area contributed by atoms with Crippen molar-refractivity contribution in [1.29, 1.82) is 0 Å². The molecule has 1 aromatic carbocycles. The molecule has 0 saturated carbocycles. The molecule has 23 heavy (non-hydrogen) atoms. The fourth-order valence-corrected chi connectivity index (χ4v) is 2.38. The van der Waals surface area contributed by atoms with Gasteiger partial charge in [0.25, 0.3) is 0 Å². The lowest BCUT2D eigenvalue weighted by Crippen LogP contribution is -2.35.